The van der Waals surface area contributed by atoms with Crippen LogP contribution in [0.5, 0.6) is 5.95 Å². The highest BCUT2D eigenvalue weighted by atomic mass is 16.5. The first kappa shape index (κ1) is 7.11. The summed E-state index contributed by atoms with van der Waals surface area (Å²) in [4.78, 5) is 0. The lowest BCUT2D eigenvalue weighted by atomic mass is 10.3. The molecule has 1 atom stereocenters. The molecule has 0 fully saturated rings. The molecule has 0 aliphatic carbocycles. The monoisotopic (exact) mass is 144 g/mol. The Morgan fingerprint density at radius 2 is 2.20 bits per heavy atom. The predicted octanol–water partition coefficient (Wildman–Crippen LogP) is 0.0109. The maximum atomic E-state index is 8.89. The van der Waals surface area contributed by atoms with Crippen LogP contribution in [0.4, 0.5) is 0 Å². The smallest absolute Gasteiger partial charge is 0.282 e. The van der Waals surface area contributed by atoms with Gasteiger partial charge in [-0.3, -0.25) is 0 Å². The lowest BCUT2D eigenvalue weighted by Crippen LogP contribution is -1.99. The van der Waals surface area contributed by atoms with Crippen molar-refractivity contribution in [3.8, 4) is 5.95 Å². The van der Waals surface area contributed by atoms with Crippen LogP contribution in [0.2, 0.25) is 0 Å². The molecule has 1 rings (SSSR count). The molecule has 0 amide bonds. The van der Waals surface area contributed by atoms with E-state index in [2.05, 4.69) is 4.42 Å². The number of hydrogen-bond acceptors (Lipinski definition) is 4. The third-order valence-corrected chi connectivity index (χ3v) is 1.11. The first-order chi connectivity index (χ1) is 4.74. The molecule has 1 heterocycles. The van der Waals surface area contributed by atoms with Gasteiger partial charge < -0.3 is 19.7 Å². The van der Waals surface area contributed by atoms with Crippen LogP contribution in [0.1, 0.15) is 11.9 Å². The van der Waals surface area contributed by atoms with Crippen LogP contribution in [0.3, 0.4) is 0 Å². The molecule has 1 aromatic heterocycles. The number of hydrogen-bond donors (Lipinski definition) is 3. The Hall–Kier alpha value is -1.00. The van der Waals surface area contributed by atoms with Gasteiger partial charge in [-0.1, -0.05) is 0 Å². The number of aliphatic hydroxyl groups excluding tert-OH is 2. The molecule has 0 saturated heterocycles. The number of rotatable bonds is 2. The van der Waals surface area contributed by atoms with Gasteiger partial charge in [-0.25, -0.2) is 0 Å². The zero-order valence-electron chi connectivity index (χ0n) is 5.19. The van der Waals surface area contributed by atoms with E-state index < -0.39 is 12.7 Å². The fraction of sp³-hybridized carbons (Fsp3) is 0.333. The lowest BCUT2D eigenvalue weighted by Gasteiger charge is -1.99. The summed E-state index contributed by atoms with van der Waals surface area (Å²) in [5.74, 6) is -0.0949. The topological polar surface area (TPSA) is 73.8 Å². The maximum Gasteiger partial charge on any atom is 0.282 e. The highest BCUT2D eigenvalue weighted by molar-refractivity contribution is 5.11. The van der Waals surface area contributed by atoms with E-state index >= 15 is 0 Å². The number of aliphatic hydroxyl groups is 2. The molecule has 0 saturated carbocycles. The summed E-state index contributed by atoms with van der Waals surface area (Å²) in [6, 6.07) is 2.70. The normalized spacial score (nSPS) is 13.4. The molecule has 4 nitrogen and oxygen atoms in total. The van der Waals surface area contributed by atoms with Crippen molar-refractivity contribution < 1.29 is 19.7 Å². The molecule has 1 unspecified atom stereocenters. The summed E-state index contributed by atoms with van der Waals surface area (Å²) in [5.41, 5.74) is 0. The largest absolute Gasteiger partial charge is 0.481 e. The Kier molecular flexibility index (Phi) is 1.94. The van der Waals surface area contributed by atoms with Crippen molar-refractivity contribution in [3.63, 3.8) is 0 Å². The van der Waals surface area contributed by atoms with Gasteiger partial charge in [0.05, 0.1) is 6.61 Å². The van der Waals surface area contributed by atoms with Gasteiger partial charge in [-0.05, 0) is 6.07 Å². The third-order valence-electron chi connectivity index (χ3n) is 1.11. The zero-order valence-corrected chi connectivity index (χ0v) is 5.19. The fourth-order valence-corrected chi connectivity index (χ4v) is 0.611. The SMILES string of the molecule is OCC(O)c1ccc(O)o1. The molecule has 0 aliphatic heterocycles. The second-order valence-corrected chi connectivity index (χ2v) is 1.87. The molecule has 3 N–H and O–H groups in total. The minimum absolute atomic E-state index is 0.167. The predicted molar refractivity (Wildman–Crippen MR) is 32.4 cm³/mol. The van der Waals surface area contributed by atoms with Crippen LogP contribution in [0.15, 0.2) is 16.5 Å². The first-order valence-electron chi connectivity index (χ1n) is 2.81. The Morgan fingerprint density at radius 1 is 1.50 bits per heavy atom. The zero-order chi connectivity index (χ0) is 7.56. The molecular weight excluding hydrogens is 136 g/mol. The van der Waals surface area contributed by atoms with Gasteiger partial charge >= 0.3 is 0 Å². The molecule has 0 spiro atoms. The van der Waals surface area contributed by atoms with Crippen molar-refractivity contribution in [2.45, 2.75) is 6.10 Å². The van der Waals surface area contributed by atoms with E-state index in [-0.39, 0.29) is 11.7 Å². The van der Waals surface area contributed by atoms with Gasteiger partial charge in [0.1, 0.15) is 11.9 Å². The minimum atomic E-state index is -1.04. The van der Waals surface area contributed by atoms with Gasteiger partial charge in [-0.2, -0.15) is 0 Å². The highest BCUT2D eigenvalue weighted by Crippen LogP contribution is 2.19. The second-order valence-electron chi connectivity index (χ2n) is 1.87. The van der Waals surface area contributed by atoms with Gasteiger partial charge in [0.15, 0.2) is 0 Å². The second kappa shape index (κ2) is 2.72. The summed E-state index contributed by atoms with van der Waals surface area (Å²) in [6.45, 7) is -0.410. The van der Waals surface area contributed by atoms with Gasteiger partial charge in [-0.15, -0.1) is 0 Å². The molecule has 1 aromatic rings. The van der Waals surface area contributed by atoms with E-state index in [9.17, 15) is 0 Å². The van der Waals surface area contributed by atoms with Crippen LogP contribution < -0.4 is 0 Å². The molecule has 4 heteroatoms. The van der Waals surface area contributed by atoms with E-state index in [1.54, 1.807) is 0 Å². The van der Waals surface area contributed by atoms with E-state index in [1.165, 1.54) is 12.1 Å². The average Bonchev–Trinajstić information content (AvgIpc) is 2.34. The first-order valence-corrected chi connectivity index (χ1v) is 2.81. The molecular formula is C6H8O4. The number of furan rings is 1. The molecule has 10 heavy (non-hydrogen) atoms. The fourth-order valence-electron chi connectivity index (χ4n) is 0.611. The van der Waals surface area contributed by atoms with Crippen molar-refractivity contribution in [3.05, 3.63) is 17.9 Å². The van der Waals surface area contributed by atoms with Crippen molar-refractivity contribution in [2.75, 3.05) is 6.61 Å². The van der Waals surface area contributed by atoms with Crippen molar-refractivity contribution >= 4 is 0 Å². The van der Waals surface area contributed by atoms with Crippen molar-refractivity contribution in [1.82, 2.24) is 0 Å². The van der Waals surface area contributed by atoms with Crippen LogP contribution in [-0.2, 0) is 0 Å². The summed E-state index contributed by atoms with van der Waals surface area (Å²) < 4.78 is 4.58. The van der Waals surface area contributed by atoms with E-state index in [0.717, 1.165) is 0 Å². The van der Waals surface area contributed by atoms with Crippen LogP contribution in [0, 0.1) is 0 Å². The van der Waals surface area contributed by atoms with Gasteiger partial charge in [0.2, 0.25) is 0 Å². The van der Waals surface area contributed by atoms with E-state index in [4.69, 9.17) is 15.3 Å². The summed E-state index contributed by atoms with van der Waals surface area (Å²) in [6.07, 6.45) is -1.04. The Balaban J connectivity index is 2.74. The van der Waals surface area contributed by atoms with Crippen molar-refractivity contribution in [1.29, 1.82) is 0 Å². The van der Waals surface area contributed by atoms with E-state index in [0.29, 0.717) is 0 Å². The molecule has 0 aliphatic rings. The maximum absolute atomic E-state index is 8.89. The van der Waals surface area contributed by atoms with Gasteiger partial charge in [0.25, 0.3) is 5.95 Å². The standard InChI is InChI=1S/C6H8O4/c7-3-4(8)5-1-2-6(9)10-5/h1-2,4,7-9H,3H2. The molecule has 0 aromatic carbocycles. The summed E-state index contributed by atoms with van der Waals surface area (Å²) in [7, 11) is 0. The Morgan fingerprint density at radius 3 is 2.60 bits per heavy atom. The summed E-state index contributed by atoms with van der Waals surface area (Å²) >= 11 is 0. The van der Waals surface area contributed by atoms with Crippen molar-refractivity contribution in [2.24, 2.45) is 0 Å². The summed E-state index contributed by atoms with van der Waals surface area (Å²) in [5, 5.41) is 25.9. The lowest BCUT2D eigenvalue weighted by molar-refractivity contribution is 0.0744. The average molecular weight is 144 g/mol. The molecule has 0 radical (unpaired) electrons. The minimum Gasteiger partial charge on any atom is -0.481 e. The third kappa shape index (κ3) is 1.29. The number of aromatic hydroxyl groups is 1. The quantitative estimate of drug-likeness (QED) is 0.546. The Labute approximate surface area is 57.3 Å². The Bertz CT molecular complexity index is 205. The highest BCUT2D eigenvalue weighted by Gasteiger charge is 2.09. The van der Waals surface area contributed by atoms with Gasteiger partial charge in [0, 0.05) is 6.07 Å². The van der Waals surface area contributed by atoms with Crippen LogP contribution >= 0.6 is 0 Å². The van der Waals surface area contributed by atoms with Crippen LogP contribution in [0.25, 0.3) is 0 Å². The molecule has 56 valence electrons. The van der Waals surface area contributed by atoms with E-state index in [1.807, 2.05) is 0 Å². The molecule has 0 bridgehead atoms. The van der Waals surface area contributed by atoms with Crippen LogP contribution in [-0.4, -0.2) is 21.9 Å².